The van der Waals surface area contributed by atoms with Crippen molar-refractivity contribution in [2.24, 2.45) is 5.41 Å². The van der Waals surface area contributed by atoms with E-state index in [9.17, 15) is 61.3 Å². The number of aryl methyl sites for hydroxylation is 2. The molecule has 0 heterocycles. The van der Waals surface area contributed by atoms with Crippen molar-refractivity contribution >= 4 is 0 Å². The number of rotatable bonds is 0. The van der Waals surface area contributed by atoms with E-state index in [0.29, 0.717) is 0 Å². The third-order valence-corrected chi connectivity index (χ3v) is 18.1. The van der Waals surface area contributed by atoms with Crippen LogP contribution in [-0.2, 0) is 47.3 Å². The number of benzene rings is 8. The summed E-state index contributed by atoms with van der Waals surface area (Å²) in [6.45, 7) is 8.56. The largest absolute Gasteiger partial charge is 0.504 e. The van der Waals surface area contributed by atoms with Crippen molar-refractivity contribution in [1.29, 1.82) is 0 Å². The summed E-state index contributed by atoms with van der Waals surface area (Å²) in [5, 5.41) is 120. The normalized spacial score (nSPS) is 17.8. The first-order valence-electron chi connectivity index (χ1n) is 26.0. The Bertz CT molecular complexity index is 3580. The van der Waals surface area contributed by atoms with Crippen LogP contribution >= 0.6 is 0 Å². The van der Waals surface area contributed by atoms with Gasteiger partial charge in [-0.15, -0.1) is 0 Å². The summed E-state index contributed by atoms with van der Waals surface area (Å²) in [5.74, 6) is -1.37. The van der Waals surface area contributed by atoms with E-state index in [-0.39, 0.29) is 90.7 Å². The molecule has 77 heavy (non-hydrogen) atoms. The lowest BCUT2D eigenvalue weighted by Gasteiger charge is -2.42. The first-order chi connectivity index (χ1) is 36.5. The Morgan fingerprint density at radius 2 is 0.597 bits per heavy atom. The standard InChI is InChI=1S/C25H16O4.C21H24O4.C19H20O4/c26-21-9-15-13-5-1-3-7-17(13)25(19(15)11-23(21)28)18-8-4-2-6-14(18)16-10-22(27)24(29)12-20(16)25;1-19(2)9-21(13-7-17(24)15(22)5-11(13)19)10-20(3,4)12-6-16(23)18(25)8-14(12)21;20-15-5-11-1-3-19(9-13(11)7-17(15)22)4-2-12-6-16(21)18(23)8-14(12)10-19/h1-12,26-29H;5-8,22-25H,9-10H2,1-4H3;5-8,20-23H,1-4,9-10H2. The van der Waals surface area contributed by atoms with E-state index in [2.05, 4.69) is 27.7 Å². The molecule has 0 saturated heterocycles. The number of phenolic OH excluding ortho intramolecular Hbond substituents is 12. The van der Waals surface area contributed by atoms with Crippen molar-refractivity contribution in [3.8, 4) is 91.2 Å². The van der Waals surface area contributed by atoms with Crippen LogP contribution in [0.5, 0.6) is 69.0 Å². The molecule has 3 spiro atoms. The molecule has 12 N–H and O–H groups in total. The van der Waals surface area contributed by atoms with Crippen LogP contribution in [-0.4, -0.2) is 61.3 Å². The fraction of sp³-hybridized carbons (Fsp3) is 0.262. The molecule has 0 amide bonds. The molecular formula is C65H60O12. The maximum atomic E-state index is 10.4. The minimum Gasteiger partial charge on any atom is -0.504 e. The Kier molecular flexibility index (Phi) is 10.7. The summed E-state index contributed by atoms with van der Waals surface area (Å²) in [4.78, 5) is 0. The van der Waals surface area contributed by atoms with E-state index >= 15 is 0 Å². The van der Waals surface area contributed by atoms with Gasteiger partial charge in [-0.25, -0.2) is 0 Å². The van der Waals surface area contributed by atoms with Gasteiger partial charge in [0, 0.05) is 5.41 Å². The van der Waals surface area contributed by atoms with Gasteiger partial charge in [0.05, 0.1) is 5.41 Å². The summed E-state index contributed by atoms with van der Waals surface area (Å²) < 4.78 is 0. The minimum absolute atomic E-state index is 0.0471. The molecule has 0 atom stereocenters. The topological polar surface area (TPSA) is 243 Å². The first-order valence-corrected chi connectivity index (χ1v) is 26.0. The van der Waals surface area contributed by atoms with Gasteiger partial charge in [0.2, 0.25) is 0 Å². The Balaban J connectivity index is 0.000000117. The lowest BCUT2D eigenvalue weighted by molar-refractivity contribution is 0.209. The van der Waals surface area contributed by atoms with Gasteiger partial charge in [-0.05, 0) is 229 Å². The Morgan fingerprint density at radius 3 is 0.974 bits per heavy atom. The van der Waals surface area contributed by atoms with E-state index in [1.54, 1.807) is 72.8 Å². The van der Waals surface area contributed by atoms with Gasteiger partial charge in [-0.2, -0.15) is 0 Å². The maximum Gasteiger partial charge on any atom is 0.158 e. The number of fused-ring (bicyclic) bond motifs is 16. The van der Waals surface area contributed by atoms with Crippen molar-refractivity contribution < 1.29 is 61.3 Å². The summed E-state index contributed by atoms with van der Waals surface area (Å²) in [5.41, 5.74) is 14.5. The predicted molar refractivity (Wildman–Crippen MR) is 291 cm³/mol. The lowest BCUT2D eigenvalue weighted by Crippen LogP contribution is -2.34. The molecule has 6 aliphatic carbocycles. The van der Waals surface area contributed by atoms with Crippen LogP contribution in [0, 0.1) is 5.41 Å². The molecule has 0 fully saturated rings. The molecular weight excluding hydrogens is 973 g/mol. The molecule has 12 nitrogen and oxygen atoms in total. The molecule has 6 aliphatic rings. The number of hydrogen-bond acceptors (Lipinski definition) is 12. The average Bonchev–Trinajstić information content (AvgIpc) is 4.11. The third kappa shape index (κ3) is 7.24. The lowest BCUT2D eigenvalue weighted by atomic mass is 9.62. The van der Waals surface area contributed by atoms with Crippen molar-refractivity contribution in [2.75, 3.05) is 0 Å². The highest BCUT2D eigenvalue weighted by molar-refractivity contribution is 5.96. The van der Waals surface area contributed by atoms with Crippen LogP contribution in [0.2, 0.25) is 0 Å². The van der Waals surface area contributed by atoms with Crippen LogP contribution in [0.25, 0.3) is 22.3 Å². The second-order valence-corrected chi connectivity index (χ2v) is 23.7. The molecule has 0 radical (unpaired) electrons. The van der Waals surface area contributed by atoms with Gasteiger partial charge >= 0.3 is 0 Å². The highest BCUT2D eigenvalue weighted by atomic mass is 16.3. The number of phenols is 12. The molecule has 0 aliphatic heterocycles. The fourth-order valence-corrected chi connectivity index (χ4v) is 14.8. The summed E-state index contributed by atoms with van der Waals surface area (Å²) >= 11 is 0. The SMILES string of the molecule is CC1(C)CC2(CC(C)(C)c3cc(O)c(O)cc32)c2cc(O)c(O)cc21.Oc1cc2c(cc1O)C1(c3ccccc3-2)c2ccccc2-c2cc(O)c(O)cc21.Oc1cc2c(cc1O)CC1(CC2)CCc2cc(O)c(O)cc2C1. The van der Waals surface area contributed by atoms with E-state index < -0.39 is 5.41 Å². The molecule has 14 rings (SSSR count). The molecule has 0 aromatic heterocycles. The van der Waals surface area contributed by atoms with Gasteiger partial charge in [0.25, 0.3) is 0 Å². The molecule has 0 bridgehead atoms. The van der Waals surface area contributed by atoms with Crippen LogP contribution in [0.3, 0.4) is 0 Å². The summed E-state index contributed by atoms with van der Waals surface area (Å²) in [6, 6.07) is 35.8. The fourth-order valence-electron chi connectivity index (χ4n) is 14.8. The molecule has 8 aromatic rings. The quantitative estimate of drug-likeness (QED) is 0.0635. The maximum absolute atomic E-state index is 10.4. The van der Waals surface area contributed by atoms with Gasteiger partial charge in [0.15, 0.2) is 69.0 Å². The molecule has 0 unspecified atom stereocenters. The number of aromatic hydroxyl groups is 12. The zero-order valence-electron chi connectivity index (χ0n) is 43.1. The van der Waals surface area contributed by atoms with Gasteiger partial charge in [0.1, 0.15) is 0 Å². The molecule has 8 aromatic carbocycles. The molecule has 12 heteroatoms. The molecule has 392 valence electrons. The second-order valence-electron chi connectivity index (χ2n) is 23.7. The average molecular weight is 1030 g/mol. The van der Waals surface area contributed by atoms with Crippen molar-refractivity contribution in [2.45, 2.75) is 101 Å². The number of hydrogen-bond donors (Lipinski definition) is 12. The van der Waals surface area contributed by atoms with Gasteiger partial charge in [-0.1, -0.05) is 76.2 Å². The van der Waals surface area contributed by atoms with Crippen LogP contribution in [0.4, 0.5) is 0 Å². The van der Waals surface area contributed by atoms with Gasteiger partial charge in [-0.3, -0.25) is 0 Å². The van der Waals surface area contributed by atoms with Crippen LogP contribution in [0.1, 0.15) is 120 Å². The highest BCUT2D eigenvalue weighted by Crippen LogP contribution is 2.66. The van der Waals surface area contributed by atoms with E-state index in [1.807, 2.05) is 48.5 Å². The Morgan fingerprint density at radius 1 is 0.299 bits per heavy atom. The van der Waals surface area contributed by atoms with Crippen molar-refractivity contribution in [3.63, 3.8) is 0 Å². The van der Waals surface area contributed by atoms with Crippen LogP contribution < -0.4 is 0 Å². The third-order valence-electron chi connectivity index (χ3n) is 18.1. The summed E-state index contributed by atoms with van der Waals surface area (Å²) in [6.07, 6.45) is 7.23. The van der Waals surface area contributed by atoms with E-state index in [0.717, 1.165) is 140 Å². The smallest absolute Gasteiger partial charge is 0.158 e. The zero-order chi connectivity index (χ0) is 54.5. The van der Waals surface area contributed by atoms with E-state index in [1.165, 1.54) is 0 Å². The monoisotopic (exact) mass is 1030 g/mol. The van der Waals surface area contributed by atoms with Crippen molar-refractivity contribution in [3.05, 3.63) is 188 Å². The zero-order valence-corrected chi connectivity index (χ0v) is 43.1. The predicted octanol–water partition coefficient (Wildman–Crippen LogP) is 12.2. The highest BCUT2D eigenvalue weighted by Gasteiger charge is 2.57. The van der Waals surface area contributed by atoms with E-state index in [4.69, 9.17) is 0 Å². The molecule has 0 saturated carbocycles. The Hall–Kier alpha value is -8.64. The van der Waals surface area contributed by atoms with Gasteiger partial charge < -0.3 is 61.3 Å². The van der Waals surface area contributed by atoms with Crippen LogP contribution in [0.15, 0.2) is 121 Å². The summed E-state index contributed by atoms with van der Waals surface area (Å²) in [7, 11) is 0. The second kappa shape index (κ2) is 16.7. The minimum atomic E-state index is -0.756. The Labute approximate surface area is 445 Å². The van der Waals surface area contributed by atoms with Crippen molar-refractivity contribution in [1.82, 2.24) is 0 Å². The first kappa shape index (κ1) is 49.2.